The molecule has 0 spiro atoms. The molecule has 7 heteroatoms. The average molecular weight is 347 g/mol. The molecule has 1 aromatic heterocycles. The molecule has 0 atom stereocenters. The molecule has 0 fully saturated rings. The molecule has 0 aliphatic heterocycles. The highest BCUT2D eigenvalue weighted by Gasteiger charge is 2.17. The summed E-state index contributed by atoms with van der Waals surface area (Å²) in [5, 5.41) is 2.15. The van der Waals surface area contributed by atoms with Gasteiger partial charge in [0.1, 0.15) is 28.7 Å². The van der Waals surface area contributed by atoms with E-state index >= 15 is 0 Å². The van der Waals surface area contributed by atoms with Crippen molar-refractivity contribution in [3.05, 3.63) is 59.4 Å². The molecule has 0 saturated carbocycles. The van der Waals surface area contributed by atoms with Gasteiger partial charge in [-0.2, -0.15) is 0 Å². The van der Waals surface area contributed by atoms with Gasteiger partial charge in [0.2, 0.25) is 0 Å². The SMILES string of the molecule is CCCCN(C)C(=O)c1cccc(C(=O)Nc2c(F)cccc2F)n1. The minimum atomic E-state index is -0.889. The topological polar surface area (TPSA) is 62.3 Å². The van der Waals surface area contributed by atoms with Gasteiger partial charge >= 0.3 is 0 Å². The van der Waals surface area contributed by atoms with Crippen LogP contribution in [-0.2, 0) is 0 Å². The zero-order valence-corrected chi connectivity index (χ0v) is 14.1. The molecule has 1 N–H and O–H groups in total. The molecule has 2 rings (SSSR count). The average Bonchev–Trinajstić information content (AvgIpc) is 2.62. The van der Waals surface area contributed by atoms with E-state index in [0.29, 0.717) is 6.54 Å². The Bertz CT molecular complexity index is 760. The van der Waals surface area contributed by atoms with Crippen molar-refractivity contribution in [3.8, 4) is 0 Å². The quantitative estimate of drug-likeness (QED) is 0.870. The maximum atomic E-state index is 13.6. The van der Waals surface area contributed by atoms with E-state index in [1.54, 1.807) is 7.05 Å². The van der Waals surface area contributed by atoms with Gasteiger partial charge in [0.05, 0.1) is 0 Å². The molecule has 0 radical (unpaired) electrons. The van der Waals surface area contributed by atoms with Gasteiger partial charge in [-0.1, -0.05) is 25.5 Å². The lowest BCUT2D eigenvalue weighted by Gasteiger charge is -2.16. The number of nitrogens with one attached hydrogen (secondary N) is 1. The van der Waals surface area contributed by atoms with Crippen molar-refractivity contribution in [2.24, 2.45) is 0 Å². The molecule has 2 aromatic rings. The number of anilines is 1. The van der Waals surface area contributed by atoms with Crippen molar-refractivity contribution < 1.29 is 18.4 Å². The number of rotatable bonds is 6. The van der Waals surface area contributed by atoms with Crippen molar-refractivity contribution in [2.45, 2.75) is 19.8 Å². The molecule has 0 saturated heterocycles. The summed E-state index contributed by atoms with van der Waals surface area (Å²) < 4.78 is 27.2. The highest BCUT2D eigenvalue weighted by atomic mass is 19.1. The van der Waals surface area contributed by atoms with E-state index in [0.717, 1.165) is 25.0 Å². The van der Waals surface area contributed by atoms with Crippen LogP contribution in [0.3, 0.4) is 0 Å². The molecule has 25 heavy (non-hydrogen) atoms. The summed E-state index contributed by atoms with van der Waals surface area (Å²) in [6.07, 6.45) is 1.80. The Morgan fingerprint density at radius 1 is 1.08 bits per heavy atom. The zero-order chi connectivity index (χ0) is 18.4. The van der Waals surface area contributed by atoms with E-state index in [9.17, 15) is 18.4 Å². The predicted octanol–water partition coefficient (Wildman–Crippen LogP) is 3.48. The largest absolute Gasteiger partial charge is 0.340 e. The van der Waals surface area contributed by atoms with Crippen LogP contribution >= 0.6 is 0 Å². The van der Waals surface area contributed by atoms with Crippen LogP contribution in [0.25, 0.3) is 0 Å². The summed E-state index contributed by atoms with van der Waals surface area (Å²) in [5.74, 6) is -2.89. The van der Waals surface area contributed by atoms with Crippen LogP contribution in [0.15, 0.2) is 36.4 Å². The summed E-state index contributed by atoms with van der Waals surface area (Å²) in [4.78, 5) is 30.0. The van der Waals surface area contributed by atoms with Gasteiger partial charge in [-0.05, 0) is 30.7 Å². The molecule has 1 heterocycles. The first-order chi connectivity index (χ1) is 11.9. The fourth-order valence-electron chi connectivity index (χ4n) is 2.17. The van der Waals surface area contributed by atoms with E-state index in [1.807, 2.05) is 6.92 Å². The Morgan fingerprint density at radius 2 is 1.68 bits per heavy atom. The number of hydrogen-bond donors (Lipinski definition) is 1. The highest BCUT2D eigenvalue weighted by molar-refractivity contribution is 6.04. The van der Waals surface area contributed by atoms with Gasteiger partial charge in [0.25, 0.3) is 11.8 Å². The van der Waals surface area contributed by atoms with Gasteiger partial charge in [-0.3, -0.25) is 9.59 Å². The maximum absolute atomic E-state index is 13.6. The lowest BCUT2D eigenvalue weighted by molar-refractivity contribution is 0.0787. The second kappa shape index (κ2) is 8.32. The molecule has 5 nitrogen and oxygen atoms in total. The Kier molecular flexibility index (Phi) is 6.16. The summed E-state index contributed by atoms with van der Waals surface area (Å²) in [6.45, 7) is 2.59. The van der Waals surface area contributed by atoms with Gasteiger partial charge < -0.3 is 10.2 Å². The smallest absolute Gasteiger partial charge is 0.274 e. The molecule has 0 aliphatic carbocycles. The Hall–Kier alpha value is -2.83. The number of benzene rings is 1. The van der Waals surface area contributed by atoms with E-state index in [1.165, 1.54) is 29.2 Å². The minimum absolute atomic E-state index is 0.0975. The molecule has 1 aromatic carbocycles. The number of carbonyl (C=O) groups excluding carboxylic acids is 2. The zero-order valence-electron chi connectivity index (χ0n) is 14.1. The van der Waals surface area contributed by atoms with E-state index < -0.39 is 23.2 Å². The van der Waals surface area contributed by atoms with Crippen LogP contribution in [0.4, 0.5) is 14.5 Å². The number of halogens is 2. The van der Waals surface area contributed by atoms with Crippen LogP contribution in [0.5, 0.6) is 0 Å². The second-order valence-corrected chi connectivity index (χ2v) is 5.54. The number of nitrogens with zero attached hydrogens (tertiary/aromatic N) is 2. The van der Waals surface area contributed by atoms with Crippen molar-refractivity contribution in [1.29, 1.82) is 0 Å². The first kappa shape index (κ1) is 18.5. The third-order valence-corrected chi connectivity index (χ3v) is 3.60. The first-order valence-corrected chi connectivity index (χ1v) is 7.92. The summed E-state index contributed by atoms with van der Waals surface area (Å²) >= 11 is 0. The van der Waals surface area contributed by atoms with Crippen LogP contribution in [0.1, 0.15) is 40.7 Å². The summed E-state index contributed by atoms with van der Waals surface area (Å²) in [6, 6.07) is 7.64. The van der Waals surface area contributed by atoms with Crippen molar-refractivity contribution in [2.75, 3.05) is 18.9 Å². The molecule has 0 unspecified atom stereocenters. The van der Waals surface area contributed by atoms with Crippen LogP contribution in [-0.4, -0.2) is 35.3 Å². The van der Waals surface area contributed by atoms with Gasteiger partial charge in [-0.25, -0.2) is 13.8 Å². The van der Waals surface area contributed by atoms with Crippen molar-refractivity contribution in [3.63, 3.8) is 0 Å². The number of unbranched alkanes of at least 4 members (excludes halogenated alkanes) is 1. The predicted molar refractivity (Wildman–Crippen MR) is 90.4 cm³/mol. The van der Waals surface area contributed by atoms with Crippen LogP contribution < -0.4 is 5.32 Å². The van der Waals surface area contributed by atoms with Crippen molar-refractivity contribution in [1.82, 2.24) is 9.88 Å². The molecule has 0 aliphatic rings. The van der Waals surface area contributed by atoms with Gasteiger partial charge in [-0.15, -0.1) is 0 Å². The standard InChI is InChI=1S/C18H19F2N3O2/c1-3-4-11-23(2)18(25)15-10-6-9-14(21-15)17(24)22-16-12(19)7-5-8-13(16)20/h5-10H,3-4,11H2,1-2H3,(H,22,24). The van der Waals surface area contributed by atoms with Gasteiger partial charge in [0.15, 0.2) is 0 Å². The lowest BCUT2D eigenvalue weighted by atomic mass is 10.2. The number of aromatic nitrogens is 1. The molecule has 0 bridgehead atoms. The van der Waals surface area contributed by atoms with Crippen LogP contribution in [0.2, 0.25) is 0 Å². The molecular formula is C18H19F2N3O2. The van der Waals surface area contributed by atoms with E-state index in [4.69, 9.17) is 0 Å². The Morgan fingerprint density at radius 3 is 2.32 bits per heavy atom. The maximum Gasteiger partial charge on any atom is 0.274 e. The summed E-state index contributed by atoms with van der Waals surface area (Å²) in [7, 11) is 1.65. The third-order valence-electron chi connectivity index (χ3n) is 3.60. The lowest BCUT2D eigenvalue weighted by Crippen LogP contribution is -2.29. The Balaban J connectivity index is 2.18. The minimum Gasteiger partial charge on any atom is -0.340 e. The third kappa shape index (κ3) is 4.59. The number of amides is 2. The molecular weight excluding hydrogens is 328 g/mol. The Labute approximate surface area is 144 Å². The monoisotopic (exact) mass is 347 g/mol. The van der Waals surface area contributed by atoms with Gasteiger partial charge in [0, 0.05) is 13.6 Å². The number of carbonyl (C=O) groups is 2. The normalized spacial score (nSPS) is 10.4. The highest BCUT2D eigenvalue weighted by Crippen LogP contribution is 2.18. The van der Waals surface area contributed by atoms with E-state index in [2.05, 4.69) is 10.3 Å². The number of pyridine rings is 1. The molecule has 132 valence electrons. The summed E-state index contributed by atoms with van der Waals surface area (Å²) in [5.41, 5.74) is -0.552. The molecule has 2 amide bonds. The fourth-order valence-corrected chi connectivity index (χ4v) is 2.17. The first-order valence-electron chi connectivity index (χ1n) is 7.92. The van der Waals surface area contributed by atoms with E-state index in [-0.39, 0.29) is 17.3 Å². The second-order valence-electron chi connectivity index (χ2n) is 5.54. The number of hydrogen-bond acceptors (Lipinski definition) is 3. The van der Waals surface area contributed by atoms with Crippen molar-refractivity contribution >= 4 is 17.5 Å². The fraction of sp³-hybridized carbons (Fsp3) is 0.278. The number of para-hydroxylation sites is 1. The van der Waals surface area contributed by atoms with Crippen LogP contribution in [0, 0.1) is 11.6 Å².